The van der Waals surface area contributed by atoms with Crippen molar-refractivity contribution in [2.75, 3.05) is 38.5 Å². The number of carbonyl (C=O) groups is 1. The van der Waals surface area contributed by atoms with E-state index in [4.69, 9.17) is 9.97 Å². The molecule has 1 N–H and O–H groups in total. The quantitative estimate of drug-likeness (QED) is 0.772. The van der Waals surface area contributed by atoms with Crippen LogP contribution in [0.5, 0.6) is 0 Å². The number of nitrogens with zero attached hydrogens (tertiary/aromatic N) is 4. The maximum atomic E-state index is 12.1. The third kappa shape index (κ3) is 4.96. The van der Waals surface area contributed by atoms with Gasteiger partial charge in [0.1, 0.15) is 11.6 Å². The molecule has 1 aromatic heterocycles. The van der Waals surface area contributed by atoms with Gasteiger partial charge >= 0.3 is 0 Å². The van der Waals surface area contributed by atoms with E-state index in [0.717, 1.165) is 61.9 Å². The molecule has 2 aromatic rings. The normalized spacial score (nSPS) is 19.5. The highest BCUT2D eigenvalue weighted by molar-refractivity contribution is 5.74. The van der Waals surface area contributed by atoms with Crippen molar-refractivity contribution in [3.63, 3.8) is 0 Å². The van der Waals surface area contributed by atoms with Crippen LogP contribution in [0.15, 0.2) is 24.3 Å². The van der Waals surface area contributed by atoms with Crippen LogP contribution in [0.4, 0.5) is 5.82 Å². The fraction of sp³-hybridized carbons (Fsp3) is 0.577. The summed E-state index contributed by atoms with van der Waals surface area (Å²) in [5.74, 6) is 2.35. The van der Waals surface area contributed by atoms with Crippen LogP contribution in [0.3, 0.4) is 0 Å². The van der Waals surface area contributed by atoms with Gasteiger partial charge < -0.3 is 15.1 Å². The number of likely N-dealkylation sites (tertiary alicyclic amines) is 1. The average Bonchev–Trinajstić information content (AvgIpc) is 2.77. The van der Waals surface area contributed by atoms with Gasteiger partial charge in [-0.15, -0.1) is 0 Å². The lowest BCUT2D eigenvalue weighted by molar-refractivity contribution is -0.129. The van der Waals surface area contributed by atoms with Gasteiger partial charge in [0.15, 0.2) is 0 Å². The van der Waals surface area contributed by atoms with Crippen LogP contribution in [0, 0.1) is 6.92 Å². The van der Waals surface area contributed by atoms with Gasteiger partial charge in [-0.05, 0) is 38.9 Å². The molecule has 2 aliphatic rings. The van der Waals surface area contributed by atoms with Gasteiger partial charge in [0, 0.05) is 49.9 Å². The molecular weight excluding hydrogens is 398 g/mol. The van der Waals surface area contributed by atoms with Crippen molar-refractivity contribution in [2.24, 2.45) is 0 Å². The van der Waals surface area contributed by atoms with E-state index in [2.05, 4.69) is 62.3 Å². The SMILES string of the molecule is CC(=O)N1CCc2nc(C3CCCN(C)C3)nc(NCC(C)(C)c3ccc(C)cc3)c2C1. The highest BCUT2D eigenvalue weighted by Gasteiger charge is 2.29. The Morgan fingerprint density at radius 3 is 2.62 bits per heavy atom. The number of aromatic nitrogens is 2. The highest BCUT2D eigenvalue weighted by atomic mass is 16.2. The van der Waals surface area contributed by atoms with Gasteiger partial charge in [-0.3, -0.25) is 4.79 Å². The Balaban J connectivity index is 1.63. The lowest BCUT2D eigenvalue weighted by Gasteiger charge is -2.33. The molecule has 172 valence electrons. The summed E-state index contributed by atoms with van der Waals surface area (Å²) in [5, 5.41) is 3.67. The smallest absolute Gasteiger partial charge is 0.219 e. The van der Waals surface area contributed by atoms with Crippen molar-refractivity contribution in [3.05, 3.63) is 52.5 Å². The second kappa shape index (κ2) is 9.18. The van der Waals surface area contributed by atoms with Crippen LogP contribution in [-0.4, -0.2) is 58.9 Å². The van der Waals surface area contributed by atoms with E-state index in [9.17, 15) is 4.79 Å². The molecule has 0 bridgehead atoms. The molecule has 3 heterocycles. The Kier molecular flexibility index (Phi) is 6.52. The van der Waals surface area contributed by atoms with Gasteiger partial charge in [0.05, 0.1) is 12.2 Å². The topological polar surface area (TPSA) is 61.4 Å². The summed E-state index contributed by atoms with van der Waals surface area (Å²) < 4.78 is 0. The van der Waals surface area contributed by atoms with E-state index < -0.39 is 0 Å². The van der Waals surface area contributed by atoms with Crippen molar-refractivity contribution in [3.8, 4) is 0 Å². The van der Waals surface area contributed by atoms with Gasteiger partial charge in [0.25, 0.3) is 0 Å². The van der Waals surface area contributed by atoms with Crippen LogP contribution >= 0.6 is 0 Å². The Bertz CT molecular complexity index is 969. The number of aryl methyl sites for hydroxylation is 1. The number of carbonyl (C=O) groups excluding carboxylic acids is 1. The molecule has 1 atom stereocenters. The number of hydrogen-bond acceptors (Lipinski definition) is 5. The van der Waals surface area contributed by atoms with Crippen LogP contribution < -0.4 is 5.32 Å². The third-order valence-electron chi connectivity index (χ3n) is 7.04. The first-order valence-electron chi connectivity index (χ1n) is 11.9. The van der Waals surface area contributed by atoms with Crippen molar-refractivity contribution >= 4 is 11.7 Å². The maximum absolute atomic E-state index is 12.1. The molecule has 6 nitrogen and oxygen atoms in total. The molecule has 0 aliphatic carbocycles. The van der Waals surface area contributed by atoms with Crippen LogP contribution in [0.1, 0.15) is 67.7 Å². The lowest BCUT2D eigenvalue weighted by atomic mass is 9.84. The summed E-state index contributed by atoms with van der Waals surface area (Å²) in [6.45, 7) is 12.5. The summed E-state index contributed by atoms with van der Waals surface area (Å²) in [7, 11) is 2.18. The van der Waals surface area contributed by atoms with Crippen LogP contribution in [0.2, 0.25) is 0 Å². The number of piperidine rings is 1. The fourth-order valence-electron chi connectivity index (χ4n) is 4.82. The summed E-state index contributed by atoms with van der Waals surface area (Å²) >= 11 is 0. The number of nitrogens with one attached hydrogen (secondary N) is 1. The molecule has 1 amide bonds. The number of anilines is 1. The van der Waals surface area contributed by atoms with E-state index >= 15 is 0 Å². The zero-order valence-corrected chi connectivity index (χ0v) is 20.2. The van der Waals surface area contributed by atoms with Gasteiger partial charge in [0.2, 0.25) is 5.91 Å². The van der Waals surface area contributed by atoms with Crippen LogP contribution in [-0.2, 0) is 23.2 Å². The molecule has 6 heteroatoms. The zero-order valence-electron chi connectivity index (χ0n) is 20.2. The maximum Gasteiger partial charge on any atom is 0.219 e. The van der Waals surface area contributed by atoms with E-state index in [0.29, 0.717) is 12.5 Å². The first-order valence-corrected chi connectivity index (χ1v) is 11.9. The largest absolute Gasteiger partial charge is 0.369 e. The molecule has 0 saturated carbocycles. The summed E-state index contributed by atoms with van der Waals surface area (Å²) in [6, 6.07) is 8.78. The number of hydrogen-bond donors (Lipinski definition) is 1. The Hall–Kier alpha value is -2.47. The Morgan fingerprint density at radius 1 is 1.19 bits per heavy atom. The molecule has 0 spiro atoms. The highest BCUT2D eigenvalue weighted by Crippen LogP contribution is 2.31. The summed E-state index contributed by atoms with van der Waals surface area (Å²) in [4.78, 5) is 26.4. The predicted molar refractivity (Wildman–Crippen MR) is 129 cm³/mol. The number of likely N-dealkylation sites (N-methyl/N-ethyl adjacent to an activating group) is 1. The lowest BCUT2D eigenvalue weighted by Crippen LogP contribution is -2.37. The van der Waals surface area contributed by atoms with E-state index in [1.165, 1.54) is 17.5 Å². The zero-order chi connectivity index (χ0) is 22.9. The molecule has 1 fully saturated rings. The number of rotatable bonds is 5. The standard InChI is InChI=1S/C26H37N5O/c1-18-8-10-21(11-9-18)26(3,4)17-27-25-22-16-31(19(2)32)14-12-23(22)28-24(29-25)20-7-6-13-30(5)15-20/h8-11,20H,6-7,12-17H2,1-5H3,(H,27,28,29). The summed E-state index contributed by atoms with van der Waals surface area (Å²) in [6.07, 6.45) is 3.11. The van der Waals surface area contributed by atoms with E-state index in [-0.39, 0.29) is 11.3 Å². The number of amides is 1. The predicted octanol–water partition coefficient (Wildman–Crippen LogP) is 3.89. The summed E-state index contributed by atoms with van der Waals surface area (Å²) in [5.41, 5.74) is 4.72. The van der Waals surface area contributed by atoms with Crippen molar-refractivity contribution in [2.45, 2.75) is 64.8 Å². The molecular formula is C26H37N5O. The second-order valence-corrected chi connectivity index (χ2v) is 10.3. The number of fused-ring (bicyclic) bond motifs is 1. The molecule has 2 aliphatic heterocycles. The van der Waals surface area contributed by atoms with E-state index in [1.54, 1.807) is 6.92 Å². The average molecular weight is 436 g/mol. The monoisotopic (exact) mass is 435 g/mol. The van der Waals surface area contributed by atoms with Crippen molar-refractivity contribution in [1.82, 2.24) is 19.8 Å². The molecule has 1 unspecified atom stereocenters. The fourth-order valence-corrected chi connectivity index (χ4v) is 4.82. The molecule has 1 aromatic carbocycles. The van der Waals surface area contributed by atoms with Crippen LogP contribution in [0.25, 0.3) is 0 Å². The molecule has 4 rings (SSSR count). The number of benzene rings is 1. The van der Waals surface area contributed by atoms with Gasteiger partial charge in [-0.2, -0.15) is 0 Å². The first kappa shape index (κ1) is 22.7. The minimum absolute atomic E-state index is 0.0499. The molecule has 1 saturated heterocycles. The van der Waals surface area contributed by atoms with Gasteiger partial charge in [-0.1, -0.05) is 43.7 Å². The minimum atomic E-state index is -0.0499. The van der Waals surface area contributed by atoms with Crippen molar-refractivity contribution < 1.29 is 4.79 Å². The van der Waals surface area contributed by atoms with Gasteiger partial charge in [-0.25, -0.2) is 9.97 Å². The Morgan fingerprint density at radius 2 is 1.94 bits per heavy atom. The van der Waals surface area contributed by atoms with Crippen molar-refractivity contribution in [1.29, 1.82) is 0 Å². The Labute approximate surface area is 192 Å². The molecule has 0 radical (unpaired) electrons. The third-order valence-corrected chi connectivity index (χ3v) is 7.04. The first-order chi connectivity index (χ1) is 15.2. The minimum Gasteiger partial charge on any atom is -0.369 e. The van der Waals surface area contributed by atoms with E-state index in [1.807, 2.05) is 4.90 Å². The second-order valence-electron chi connectivity index (χ2n) is 10.3. The molecule has 32 heavy (non-hydrogen) atoms.